The summed E-state index contributed by atoms with van der Waals surface area (Å²) in [5.74, 6) is 0.155. The second-order valence-electron chi connectivity index (χ2n) is 4.75. The molecule has 1 amide bonds. The predicted molar refractivity (Wildman–Crippen MR) is 73.9 cm³/mol. The van der Waals surface area contributed by atoms with Crippen LogP contribution in [0.15, 0.2) is 30.3 Å². The molecule has 1 unspecified atom stereocenters. The van der Waals surface area contributed by atoms with Gasteiger partial charge in [0.05, 0.1) is 6.04 Å². The van der Waals surface area contributed by atoms with Gasteiger partial charge in [0.1, 0.15) is 4.49 Å². The first-order valence-corrected chi connectivity index (χ1v) is 7.53. The summed E-state index contributed by atoms with van der Waals surface area (Å²) in [6, 6.07) is 9.90. The lowest BCUT2D eigenvalue weighted by molar-refractivity contribution is -0.118. The maximum absolute atomic E-state index is 12.3. The van der Waals surface area contributed by atoms with Gasteiger partial charge in [0.2, 0.25) is 0 Å². The van der Waals surface area contributed by atoms with E-state index in [1.807, 2.05) is 30.3 Å². The van der Waals surface area contributed by atoms with Crippen LogP contribution in [0.25, 0.3) is 11.3 Å². The molecule has 0 spiro atoms. The Morgan fingerprint density at radius 1 is 1.37 bits per heavy atom. The van der Waals surface area contributed by atoms with Gasteiger partial charge in [-0.25, -0.2) is 0 Å². The molecule has 19 heavy (non-hydrogen) atoms. The van der Waals surface area contributed by atoms with E-state index in [1.165, 1.54) is 0 Å². The summed E-state index contributed by atoms with van der Waals surface area (Å²) in [4.78, 5) is 12.3. The zero-order valence-corrected chi connectivity index (χ0v) is 11.1. The zero-order chi connectivity index (χ0) is 12.8. The fourth-order valence-electron chi connectivity index (χ4n) is 2.50. The van der Waals surface area contributed by atoms with E-state index in [1.54, 1.807) is 4.31 Å². The molecule has 4 rings (SSSR count). The number of anilines is 1. The minimum Gasteiger partial charge on any atom is -0.306 e. The Labute approximate surface area is 113 Å². The lowest BCUT2D eigenvalue weighted by Crippen LogP contribution is -2.36. The van der Waals surface area contributed by atoms with E-state index in [4.69, 9.17) is 0 Å². The molecule has 0 saturated carbocycles. The minimum absolute atomic E-state index is 0.0298. The van der Waals surface area contributed by atoms with Crippen LogP contribution in [-0.2, 0) is 4.79 Å². The molecule has 2 atom stereocenters. The number of carbonyl (C=O) groups excluding carboxylic acids is 1. The van der Waals surface area contributed by atoms with Gasteiger partial charge in [-0.1, -0.05) is 35.4 Å². The van der Waals surface area contributed by atoms with Gasteiger partial charge in [-0.05, 0) is 23.7 Å². The van der Waals surface area contributed by atoms with Crippen molar-refractivity contribution in [2.75, 3.05) is 10.8 Å². The lowest BCUT2D eigenvalue weighted by Gasteiger charge is -2.04. The van der Waals surface area contributed by atoms with Gasteiger partial charge in [0, 0.05) is 5.56 Å². The number of carbonyl (C=O) groups is 1. The highest BCUT2D eigenvalue weighted by Gasteiger charge is 2.60. The number of fused-ring (bicyclic) bond motifs is 1. The largest absolute Gasteiger partial charge is 0.381 e. The minimum atomic E-state index is -0.419. The van der Waals surface area contributed by atoms with Gasteiger partial charge >= 0.3 is 5.00 Å². The van der Waals surface area contributed by atoms with Crippen molar-refractivity contribution in [3.63, 3.8) is 0 Å². The first-order valence-electron chi connectivity index (χ1n) is 6.39. The Morgan fingerprint density at radius 3 is 2.95 bits per heavy atom. The molecular weight excluding hydrogens is 260 g/mol. The van der Waals surface area contributed by atoms with Gasteiger partial charge in [0.15, 0.2) is 5.69 Å². The van der Waals surface area contributed by atoms with Crippen molar-refractivity contribution in [1.29, 1.82) is 0 Å². The average Bonchev–Trinajstić information content (AvgIpc) is 2.89. The van der Waals surface area contributed by atoms with Crippen LogP contribution < -0.4 is 9.62 Å². The first kappa shape index (κ1) is 11.1. The molecule has 0 bridgehead atoms. The normalized spacial score (nSPS) is 21.4. The standard InChI is InChI=1S/C13H13N4OS/c18-12(10-7-4-8-14-10)17-13-11(15-16-19(13)17)9-5-2-1-3-6-9/h1-3,5-6,10,14H,4,7-8H2/q+1/t10-,17?,19?/m0/s1. The predicted octanol–water partition coefficient (Wildman–Crippen LogP) is 1.75. The van der Waals surface area contributed by atoms with Crippen molar-refractivity contribution in [3.05, 3.63) is 30.3 Å². The van der Waals surface area contributed by atoms with E-state index in [2.05, 4.69) is 14.9 Å². The quantitative estimate of drug-likeness (QED) is 0.669. The molecule has 1 N–H and O–H groups in total. The van der Waals surface area contributed by atoms with E-state index in [-0.39, 0.29) is 11.9 Å². The van der Waals surface area contributed by atoms with E-state index in [0.29, 0.717) is 0 Å². The summed E-state index contributed by atoms with van der Waals surface area (Å²) in [5, 5.41) is 8.43. The second-order valence-corrected chi connectivity index (χ2v) is 6.19. The van der Waals surface area contributed by atoms with Crippen molar-refractivity contribution >= 4 is 21.8 Å². The third-order valence-electron chi connectivity index (χ3n) is 3.52. The topological polar surface area (TPSA) is 57.9 Å². The Hall–Kier alpha value is -1.79. The van der Waals surface area contributed by atoms with Gasteiger partial charge in [-0.15, -0.1) is 0 Å². The highest BCUT2D eigenvalue weighted by Crippen LogP contribution is 2.56. The number of amides is 1. The van der Waals surface area contributed by atoms with Crippen LogP contribution in [-0.4, -0.2) is 28.1 Å². The number of aromatic nitrogens is 2. The Bertz CT molecular complexity index is 633. The van der Waals surface area contributed by atoms with Crippen LogP contribution in [0, 0.1) is 0 Å². The molecule has 0 aliphatic carbocycles. The molecule has 2 aromatic rings. The molecule has 2 aliphatic rings. The number of hydrogen-bond acceptors (Lipinski definition) is 4. The molecule has 1 aromatic carbocycles. The number of nitrogens with zero attached hydrogens (tertiary/aromatic N) is 3. The molecule has 6 heteroatoms. The number of nitrogens with one attached hydrogen (secondary N) is 1. The molecule has 0 radical (unpaired) electrons. The molecule has 1 saturated heterocycles. The van der Waals surface area contributed by atoms with Crippen molar-refractivity contribution in [3.8, 4) is 11.3 Å². The van der Waals surface area contributed by atoms with Crippen LogP contribution in [0.1, 0.15) is 12.8 Å². The highest BCUT2D eigenvalue weighted by atomic mass is 32.2. The Balaban J connectivity index is 1.61. The third kappa shape index (κ3) is 1.67. The maximum atomic E-state index is 12.3. The van der Waals surface area contributed by atoms with Crippen LogP contribution in [0.5, 0.6) is 0 Å². The summed E-state index contributed by atoms with van der Waals surface area (Å²) >= 11 is 0. The van der Waals surface area contributed by atoms with Gasteiger partial charge in [-0.3, -0.25) is 4.79 Å². The fourth-order valence-corrected chi connectivity index (χ4v) is 3.97. The summed E-state index contributed by atoms with van der Waals surface area (Å²) in [5.41, 5.74) is 1.89. The van der Waals surface area contributed by atoms with E-state index in [0.717, 1.165) is 35.6 Å². The van der Waals surface area contributed by atoms with Crippen LogP contribution in [0.3, 0.4) is 0 Å². The monoisotopic (exact) mass is 273 g/mol. The van der Waals surface area contributed by atoms with Crippen molar-refractivity contribution in [1.82, 2.24) is 14.9 Å². The first-order chi connectivity index (χ1) is 9.36. The Morgan fingerprint density at radius 2 is 2.21 bits per heavy atom. The van der Waals surface area contributed by atoms with Gasteiger partial charge in [-0.2, -0.15) is 0 Å². The second kappa shape index (κ2) is 4.11. The lowest BCUT2D eigenvalue weighted by atomic mass is 10.1. The summed E-state index contributed by atoms with van der Waals surface area (Å²) in [7, 11) is -0.419. The molecule has 1 aromatic heterocycles. The summed E-state index contributed by atoms with van der Waals surface area (Å²) in [6.45, 7) is 0.935. The molecule has 3 heterocycles. The van der Waals surface area contributed by atoms with Gasteiger partial charge < -0.3 is 5.32 Å². The summed E-state index contributed by atoms with van der Waals surface area (Å²) in [6.07, 6.45) is 2.00. The molecule has 5 nitrogen and oxygen atoms in total. The average molecular weight is 273 g/mol. The number of benzene rings is 1. The Kier molecular flexibility index (Phi) is 2.39. The van der Waals surface area contributed by atoms with E-state index < -0.39 is 10.9 Å². The highest BCUT2D eigenvalue weighted by molar-refractivity contribution is 7.45. The number of rotatable bonds is 2. The van der Waals surface area contributed by atoms with Crippen LogP contribution in [0.2, 0.25) is 0 Å². The molecule has 96 valence electrons. The number of hydrogen-bond donors (Lipinski definition) is 1. The SMILES string of the molecule is O=C([C@@H]1CCCN1)N1c2c(-c3ccccc3)nn[s+]21. The van der Waals surface area contributed by atoms with E-state index >= 15 is 0 Å². The molecule has 2 aliphatic heterocycles. The van der Waals surface area contributed by atoms with Crippen molar-refractivity contribution < 1.29 is 4.79 Å². The maximum Gasteiger partial charge on any atom is 0.381 e. The smallest absolute Gasteiger partial charge is 0.306 e. The van der Waals surface area contributed by atoms with Crippen LogP contribution >= 0.6 is 10.9 Å². The fraction of sp³-hybridized carbons (Fsp3) is 0.308. The van der Waals surface area contributed by atoms with Crippen molar-refractivity contribution in [2.45, 2.75) is 18.9 Å². The summed E-state index contributed by atoms with van der Waals surface area (Å²) < 4.78 is 6.00. The van der Waals surface area contributed by atoms with Gasteiger partial charge in [0.25, 0.3) is 16.8 Å². The van der Waals surface area contributed by atoms with Crippen LogP contribution in [0.4, 0.5) is 5.00 Å². The van der Waals surface area contributed by atoms with Crippen molar-refractivity contribution in [2.24, 2.45) is 0 Å². The van der Waals surface area contributed by atoms with E-state index in [9.17, 15) is 4.79 Å². The molecular formula is C13H13N4OS+. The molecule has 1 fully saturated rings. The third-order valence-corrected chi connectivity index (χ3v) is 5.02. The zero-order valence-electron chi connectivity index (χ0n) is 10.2.